The number of furan rings is 1. The van der Waals surface area contributed by atoms with E-state index in [1.165, 1.54) is 0 Å². The lowest BCUT2D eigenvalue weighted by molar-refractivity contribution is 0.669. The fourth-order valence-electron chi connectivity index (χ4n) is 3.38. The molecule has 1 aliphatic rings. The molecule has 0 N–H and O–H groups in total. The number of hydrogen-bond donors (Lipinski definition) is 0. The summed E-state index contributed by atoms with van der Waals surface area (Å²) in [6.07, 6.45) is 9.08. The Morgan fingerprint density at radius 3 is 2.69 bits per heavy atom. The van der Waals surface area contributed by atoms with E-state index >= 15 is 0 Å². The Hall–Kier alpha value is -2.98. The molecular weight excluding hydrogens is 346 g/mol. The van der Waals surface area contributed by atoms with Crippen LogP contribution in [0, 0.1) is 0 Å². The summed E-state index contributed by atoms with van der Waals surface area (Å²) in [5, 5.41) is 2.24. The van der Waals surface area contributed by atoms with Gasteiger partial charge < -0.3 is 4.42 Å². The van der Waals surface area contributed by atoms with Gasteiger partial charge in [-0.1, -0.05) is 54.6 Å². The van der Waals surface area contributed by atoms with E-state index in [0.717, 1.165) is 33.9 Å². The summed E-state index contributed by atoms with van der Waals surface area (Å²) in [5.74, 6) is 1.37. The third kappa shape index (κ3) is 2.50. The van der Waals surface area contributed by atoms with Gasteiger partial charge in [-0.2, -0.15) is 4.98 Å². The van der Waals surface area contributed by atoms with Gasteiger partial charge in [0.15, 0.2) is 5.82 Å². The Bertz CT molecular complexity index is 1190. The smallest absolute Gasteiger partial charge is 0.226 e. The number of para-hydroxylation sites is 1. The first kappa shape index (κ1) is 15.3. The predicted molar refractivity (Wildman–Crippen MR) is 103 cm³/mol. The Morgan fingerprint density at radius 1 is 0.923 bits per heavy atom. The van der Waals surface area contributed by atoms with Crippen molar-refractivity contribution < 1.29 is 4.42 Å². The molecule has 0 fully saturated rings. The van der Waals surface area contributed by atoms with Gasteiger partial charge in [-0.15, -0.1) is 0 Å². The topological polar surface area (TPSA) is 51.8 Å². The minimum Gasteiger partial charge on any atom is -0.456 e. The number of aromatic nitrogens is 3. The second kappa shape index (κ2) is 6.07. The average Bonchev–Trinajstić information content (AvgIpc) is 3.07. The van der Waals surface area contributed by atoms with Crippen molar-refractivity contribution in [3.63, 3.8) is 0 Å². The number of rotatable bonds is 2. The average molecular weight is 360 g/mol. The van der Waals surface area contributed by atoms with Gasteiger partial charge in [0, 0.05) is 22.3 Å². The van der Waals surface area contributed by atoms with Gasteiger partial charge in [0.05, 0.1) is 0 Å². The largest absolute Gasteiger partial charge is 0.456 e. The monoisotopic (exact) mass is 359 g/mol. The first-order chi connectivity index (χ1) is 12.8. The minimum atomic E-state index is 0.111. The molecule has 1 unspecified atom stereocenters. The summed E-state index contributed by atoms with van der Waals surface area (Å²) >= 11 is 6.23. The maximum Gasteiger partial charge on any atom is 0.226 e. The van der Waals surface area contributed by atoms with Crippen molar-refractivity contribution in [3.05, 3.63) is 77.9 Å². The van der Waals surface area contributed by atoms with Crippen molar-refractivity contribution in [3.8, 4) is 11.4 Å². The Labute approximate surface area is 154 Å². The van der Waals surface area contributed by atoms with Gasteiger partial charge in [-0.05, 0) is 30.2 Å². The molecular formula is C21H14ClN3O. The van der Waals surface area contributed by atoms with Gasteiger partial charge in [0.1, 0.15) is 17.0 Å². The van der Waals surface area contributed by atoms with Crippen molar-refractivity contribution in [2.45, 2.75) is 12.3 Å². The van der Waals surface area contributed by atoms with Crippen LogP contribution in [-0.4, -0.2) is 15.0 Å². The number of nitrogens with zero attached hydrogens (tertiary/aromatic N) is 3. The number of benzene rings is 2. The Morgan fingerprint density at radius 2 is 1.81 bits per heavy atom. The van der Waals surface area contributed by atoms with Crippen LogP contribution >= 0.6 is 11.6 Å². The number of allylic oxidation sites excluding steroid dienone is 4. The minimum absolute atomic E-state index is 0.111. The summed E-state index contributed by atoms with van der Waals surface area (Å²) in [5.41, 5.74) is 2.55. The summed E-state index contributed by atoms with van der Waals surface area (Å²) in [4.78, 5) is 13.5. The van der Waals surface area contributed by atoms with Crippen molar-refractivity contribution in [1.29, 1.82) is 0 Å². The molecule has 5 heteroatoms. The number of halogens is 1. The fraction of sp³-hybridized carbons (Fsp3) is 0.0952. The van der Waals surface area contributed by atoms with Crippen LogP contribution in [0.25, 0.3) is 33.3 Å². The predicted octanol–water partition coefficient (Wildman–Crippen LogP) is 5.69. The van der Waals surface area contributed by atoms with E-state index in [1.54, 1.807) is 0 Å². The van der Waals surface area contributed by atoms with Crippen LogP contribution < -0.4 is 0 Å². The van der Waals surface area contributed by atoms with Gasteiger partial charge in [-0.3, -0.25) is 0 Å². The molecule has 4 nitrogen and oxygen atoms in total. The molecule has 2 heterocycles. The third-order valence-corrected chi connectivity index (χ3v) is 4.75. The highest BCUT2D eigenvalue weighted by Crippen LogP contribution is 2.36. The van der Waals surface area contributed by atoms with E-state index in [0.29, 0.717) is 11.6 Å². The standard InChI is InChI=1S/C21H14ClN3O/c22-21-24-19(13-7-2-1-3-8-13)23-20(25-21)15-10-6-12-17-18(15)14-9-4-5-11-16(14)26-17/h1-7,9-13H,8H2. The van der Waals surface area contributed by atoms with Crippen LogP contribution in [0.15, 0.2) is 71.2 Å². The van der Waals surface area contributed by atoms with Crippen LogP contribution in [0.5, 0.6) is 0 Å². The van der Waals surface area contributed by atoms with Crippen LogP contribution in [0.4, 0.5) is 0 Å². The lowest BCUT2D eigenvalue weighted by atomic mass is 10.00. The lowest BCUT2D eigenvalue weighted by Crippen LogP contribution is -2.06. The van der Waals surface area contributed by atoms with Crippen molar-refractivity contribution in [2.75, 3.05) is 0 Å². The van der Waals surface area contributed by atoms with Gasteiger partial charge in [-0.25, -0.2) is 9.97 Å². The quantitative estimate of drug-likeness (QED) is 0.461. The fourth-order valence-corrected chi connectivity index (χ4v) is 3.55. The second-order valence-corrected chi connectivity index (χ2v) is 6.56. The zero-order valence-electron chi connectivity index (χ0n) is 13.8. The molecule has 0 spiro atoms. The van der Waals surface area contributed by atoms with Crippen LogP contribution in [0.3, 0.4) is 0 Å². The highest BCUT2D eigenvalue weighted by atomic mass is 35.5. The molecule has 0 radical (unpaired) electrons. The molecule has 0 bridgehead atoms. The third-order valence-electron chi connectivity index (χ3n) is 4.58. The summed E-state index contributed by atoms with van der Waals surface area (Å²) in [7, 11) is 0. The van der Waals surface area contributed by atoms with Crippen molar-refractivity contribution in [1.82, 2.24) is 15.0 Å². The Kier molecular flexibility index (Phi) is 3.57. The van der Waals surface area contributed by atoms with E-state index in [2.05, 4.69) is 22.1 Å². The second-order valence-electron chi connectivity index (χ2n) is 6.22. The van der Waals surface area contributed by atoms with Crippen LogP contribution in [0.2, 0.25) is 5.28 Å². The zero-order chi connectivity index (χ0) is 17.5. The van der Waals surface area contributed by atoms with Crippen molar-refractivity contribution in [2.24, 2.45) is 0 Å². The number of hydrogen-bond acceptors (Lipinski definition) is 4. The first-order valence-corrected chi connectivity index (χ1v) is 8.83. The molecule has 0 saturated heterocycles. The molecule has 0 saturated carbocycles. The van der Waals surface area contributed by atoms with Crippen molar-refractivity contribution >= 4 is 33.5 Å². The van der Waals surface area contributed by atoms with Gasteiger partial charge in [0.2, 0.25) is 5.28 Å². The molecule has 26 heavy (non-hydrogen) atoms. The Balaban J connectivity index is 1.74. The maximum absolute atomic E-state index is 6.23. The molecule has 5 rings (SSSR count). The van der Waals surface area contributed by atoms with E-state index in [4.69, 9.17) is 21.0 Å². The summed E-state index contributed by atoms with van der Waals surface area (Å²) in [6.45, 7) is 0. The maximum atomic E-state index is 6.23. The molecule has 0 aliphatic heterocycles. The normalized spacial score (nSPS) is 16.6. The molecule has 2 aromatic carbocycles. The van der Waals surface area contributed by atoms with E-state index in [9.17, 15) is 0 Å². The molecule has 4 aromatic rings. The first-order valence-electron chi connectivity index (χ1n) is 8.45. The highest BCUT2D eigenvalue weighted by Gasteiger charge is 2.18. The van der Waals surface area contributed by atoms with E-state index in [-0.39, 0.29) is 11.2 Å². The van der Waals surface area contributed by atoms with Crippen LogP contribution in [-0.2, 0) is 0 Å². The van der Waals surface area contributed by atoms with E-state index in [1.807, 2.05) is 54.6 Å². The zero-order valence-corrected chi connectivity index (χ0v) is 14.5. The molecule has 1 atom stereocenters. The molecule has 0 amide bonds. The van der Waals surface area contributed by atoms with E-state index < -0.39 is 0 Å². The van der Waals surface area contributed by atoms with Gasteiger partial charge in [0.25, 0.3) is 0 Å². The summed E-state index contributed by atoms with van der Waals surface area (Å²) in [6, 6.07) is 13.9. The lowest BCUT2D eigenvalue weighted by Gasteiger charge is -2.12. The summed E-state index contributed by atoms with van der Waals surface area (Å²) < 4.78 is 5.97. The molecule has 1 aliphatic carbocycles. The molecule has 126 valence electrons. The van der Waals surface area contributed by atoms with Crippen LogP contribution in [0.1, 0.15) is 18.2 Å². The van der Waals surface area contributed by atoms with Gasteiger partial charge >= 0.3 is 0 Å². The highest BCUT2D eigenvalue weighted by molar-refractivity contribution is 6.28. The number of fused-ring (bicyclic) bond motifs is 3. The molecule has 2 aromatic heterocycles. The SMILES string of the molecule is Clc1nc(-c2cccc3oc4ccccc4c23)nc(C2C=CC=CC2)n1.